The Balaban J connectivity index is 2.87. The molecular formula is C12H26N2O2S2. The highest BCUT2D eigenvalue weighted by atomic mass is 32.2. The lowest BCUT2D eigenvalue weighted by Crippen LogP contribution is -2.55. The van der Waals surface area contributed by atoms with Crippen molar-refractivity contribution in [3.63, 3.8) is 0 Å². The molecule has 108 valence electrons. The third-order valence-electron chi connectivity index (χ3n) is 3.43. The van der Waals surface area contributed by atoms with Crippen molar-refractivity contribution < 1.29 is 8.42 Å². The van der Waals surface area contributed by atoms with Gasteiger partial charge in [0.1, 0.15) is 5.37 Å². The van der Waals surface area contributed by atoms with Crippen molar-refractivity contribution in [2.24, 2.45) is 11.7 Å². The Hall–Kier alpha value is 0.220. The van der Waals surface area contributed by atoms with Crippen molar-refractivity contribution in [3.05, 3.63) is 0 Å². The summed E-state index contributed by atoms with van der Waals surface area (Å²) in [6.07, 6.45) is 0.969. The minimum Gasteiger partial charge on any atom is -0.329 e. The van der Waals surface area contributed by atoms with Gasteiger partial charge in [0.2, 0.25) is 0 Å². The van der Waals surface area contributed by atoms with Gasteiger partial charge in [-0.1, -0.05) is 20.8 Å². The van der Waals surface area contributed by atoms with Gasteiger partial charge >= 0.3 is 0 Å². The van der Waals surface area contributed by atoms with Gasteiger partial charge < -0.3 is 5.73 Å². The van der Waals surface area contributed by atoms with E-state index >= 15 is 0 Å². The number of hydrogen-bond acceptors (Lipinski definition) is 5. The van der Waals surface area contributed by atoms with Crippen molar-refractivity contribution in [1.82, 2.24) is 4.90 Å². The van der Waals surface area contributed by atoms with E-state index in [1.54, 1.807) is 18.7 Å². The predicted octanol–water partition coefficient (Wildman–Crippen LogP) is 1.17. The lowest BCUT2D eigenvalue weighted by molar-refractivity contribution is 0.174. The van der Waals surface area contributed by atoms with Gasteiger partial charge in [0, 0.05) is 36.4 Å². The molecule has 0 aliphatic carbocycles. The Morgan fingerprint density at radius 1 is 1.44 bits per heavy atom. The van der Waals surface area contributed by atoms with E-state index in [4.69, 9.17) is 5.73 Å². The van der Waals surface area contributed by atoms with Gasteiger partial charge in [-0.25, -0.2) is 8.42 Å². The Morgan fingerprint density at radius 3 is 2.61 bits per heavy atom. The summed E-state index contributed by atoms with van der Waals surface area (Å²) in [7, 11) is -3.01. The molecule has 0 spiro atoms. The molecule has 0 saturated carbocycles. The Labute approximate surface area is 116 Å². The summed E-state index contributed by atoms with van der Waals surface area (Å²) in [5, 5.41) is -0.339. The zero-order valence-electron chi connectivity index (χ0n) is 11.6. The largest absolute Gasteiger partial charge is 0.329 e. The maximum absolute atomic E-state index is 12.2. The molecule has 0 aromatic carbocycles. The summed E-state index contributed by atoms with van der Waals surface area (Å²) >= 11 is 1.73. The Bertz CT molecular complexity index is 344. The fourth-order valence-corrected chi connectivity index (χ4v) is 5.52. The molecule has 1 heterocycles. The molecule has 0 bridgehead atoms. The quantitative estimate of drug-likeness (QED) is 0.797. The number of thioether (sulfide) groups is 1. The molecule has 1 aliphatic heterocycles. The van der Waals surface area contributed by atoms with E-state index in [2.05, 4.69) is 18.7 Å². The number of rotatable bonds is 6. The zero-order valence-corrected chi connectivity index (χ0v) is 13.3. The van der Waals surface area contributed by atoms with Crippen LogP contribution in [0, 0.1) is 5.92 Å². The van der Waals surface area contributed by atoms with Crippen molar-refractivity contribution in [2.45, 2.75) is 38.6 Å². The molecule has 2 atom stereocenters. The van der Waals surface area contributed by atoms with Gasteiger partial charge in [-0.2, -0.15) is 11.8 Å². The molecule has 1 aliphatic rings. The summed E-state index contributed by atoms with van der Waals surface area (Å²) in [5.74, 6) is 2.45. The minimum atomic E-state index is -3.01. The Morgan fingerprint density at radius 2 is 2.11 bits per heavy atom. The van der Waals surface area contributed by atoms with Crippen LogP contribution in [0.1, 0.15) is 27.2 Å². The van der Waals surface area contributed by atoms with Crippen molar-refractivity contribution in [3.8, 4) is 0 Å². The maximum Gasteiger partial charge on any atom is 0.166 e. The van der Waals surface area contributed by atoms with E-state index in [-0.39, 0.29) is 17.2 Å². The normalized spacial score (nSPS) is 24.4. The topological polar surface area (TPSA) is 63.4 Å². The highest BCUT2D eigenvalue weighted by Crippen LogP contribution is 2.25. The first-order valence-corrected chi connectivity index (χ1v) is 9.54. The summed E-state index contributed by atoms with van der Waals surface area (Å²) in [4.78, 5) is 2.13. The molecule has 0 aromatic heterocycles. The third-order valence-corrected chi connectivity index (χ3v) is 6.73. The van der Waals surface area contributed by atoms with Crippen LogP contribution in [0.5, 0.6) is 0 Å². The molecule has 4 nitrogen and oxygen atoms in total. The minimum absolute atomic E-state index is 0.192. The van der Waals surface area contributed by atoms with E-state index in [9.17, 15) is 8.42 Å². The lowest BCUT2D eigenvalue weighted by Gasteiger charge is -2.40. The van der Waals surface area contributed by atoms with E-state index in [1.165, 1.54) is 0 Å². The monoisotopic (exact) mass is 294 g/mol. The summed E-state index contributed by atoms with van der Waals surface area (Å²) in [6.45, 7) is 7.42. The van der Waals surface area contributed by atoms with Crippen LogP contribution in [0.15, 0.2) is 0 Å². The summed E-state index contributed by atoms with van der Waals surface area (Å²) < 4.78 is 24.4. The van der Waals surface area contributed by atoms with Crippen LogP contribution in [-0.2, 0) is 9.84 Å². The third kappa shape index (κ3) is 4.11. The molecule has 6 heteroatoms. The van der Waals surface area contributed by atoms with Crippen LogP contribution in [0.4, 0.5) is 0 Å². The van der Waals surface area contributed by atoms with Gasteiger partial charge in [0.05, 0.1) is 0 Å². The predicted molar refractivity (Wildman–Crippen MR) is 79.6 cm³/mol. The average molecular weight is 294 g/mol. The molecule has 1 saturated heterocycles. The van der Waals surface area contributed by atoms with Crippen molar-refractivity contribution >= 4 is 21.6 Å². The number of hydrogen-bond donors (Lipinski definition) is 1. The average Bonchev–Trinajstić information content (AvgIpc) is 2.35. The van der Waals surface area contributed by atoms with Gasteiger partial charge in [-0.05, 0) is 12.3 Å². The SMILES string of the molecule is CCS(=O)(=O)C1CSCCN1C(CN)CC(C)C. The fourth-order valence-electron chi connectivity index (χ4n) is 2.43. The van der Waals surface area contributed by atoms with Crippen LogP contribution >= 0.6 is 11.8 Å². The van der Waals surface area contributed by atoms with Gasteiger partial charge in [0.15, 0.2) is 9.84 Å². The molecule has 1 fully saturated rings. The van der Waals surface area contributed by atoms with Crippen LogP contribution in [0.2, 0.25) is 0 Å². The zero-order chi connectivity index (χ0) is 13.8. The smallest absolute Gasteiger partial charge is 0.166 e. The van der Waals surface area contributed by atoms with Gasteiger partial charge in [-0.15, -0.1) is 0 Å². The second-order valence-electron chi connectivity index (χ2n) is 5.24. The molecule has 18 heavy (non-hydrogen) atoms. The molecule has 0 aromatic rings. The highest BCUT2D eigenvalue weighted by Gasteiger charge is 2.36. The molecule has 0 amide bonds. The van der Waals surface area contributed by atoms with Gasteiger partial charge in [-0.3, -0.25) is 4.90 Å². The standard InChI is InChI=1S/C12H26N2O2S2/c1-4-18(15,16)12-9-17-6-5-14(12)11(8-13)7-10(2)3/h10-12H,4-9,13H2,1-3H3. The first-order valence-electron chi connectivity index (χ1n) is 6.67. The fraction of sp³-hybridized carbons (Fsp3) is 1.00. The summed E-state index contributed by atoms with van der Waals surface area (Å²) in [6, 6.07) is 0.192. The van der Waals surface area contributed by atoms with E-state index in [0.717, 1.165) is 18.7 Å². The van der Waals surface area contributed by atoms with Crippen LogP contribution < -0.4 is 5.73 Å². The highest BCUT2D eigenvalue weighted by molar-refractivity contribution is 8.01. The first kappa shape index (κ1) is 16.3. The van der Waals surface area contributed by atoms with E-state index in [0.29, 0.717) is 18.2 Å². The molecule has 2 unspecified atom stereocenters. The number of nitrogens with zero attached hydrogens (tertiary/aromatic N) is 1. The maximum atomic E-state index is 12.2. The van der Waals surface area contributed by atoms with Gasteiger partial charge in [0.25, 0.3) is 0 Å². The Kier molecular flexibility index (Phi) is 6.44. The van der Waals surface area contributed by atoms with Crippen LogP contribution in [-0.4, -0.2) is 55.1 Å². The van der Waals surface area contributed by atoms with Crippen molar-refractivity contribution in [2.75, 3.05) is 30.3 Å². The second kappa shape index (κ2) is 7.12. The summed E-state index contributed by atoms with van der Waals surface area (Å²) in [5.41, 5.74) is 5.86. The van der Waals surface area contributed by atoms with E-state index < -0.39 is 9.84 Å². The van der Waals surface area contributed by atoms with E-state index in [1.807, 2.05) is 0 Å². The first-order chi connectivity index (χ1) is 8.42. The number of nitrogens with two attached hydrogens (primary N) is 1. The molecular weight excluding hydrogens is 268 g/mol. The lowest BCUT2D eigenvalue weighted by atomic mass is 10.0. The van der Waals surface area contributed by atoms with Crippen LogP contribution in [0.25, 0.3) is 0 Å². The van der Waals surface area contributed by atoms with Crippen molar-refractivity contribution in [1.29, 1.82) is 0 Å². The second-order valence-corrected chi connectivity index (χ2v) is 8.84. The molecule has 0 radical (unpaired) electrons. The molecule has 2 N–H and O–H groups in total. The molecule has 1 rings (SSSR count). The number of sulfone groups is 1. The van der Waals surface area contributed by atoms with Crippen LogP contribution in [0.3, 0.4) is 0 Å².